The Labute approximate surface area is 192 Å². The first-order valence-corrected chi connectivity index (χ1v) is 12.7. The van der Waals surface area contributed by atoms with Crippen molar-refractivity contribution in [1.82, 2.24) is 14.7 Å². The van der Waals surface area contributed by atoms with Crippen LogP contribution in [-0.4, -0.2) is 36.7 Å². The molecule has 0 saturated heterocycles. The second-order valence-electron chi connectivity index (χ2n) is 7.50. The maximum atomic E-state index is 12.5. The molecule has 0 aliphatic rings. The van der Waals surface area contributed by atoms with E-state index >= 15 is 0 Å². The molecule has 0 saturated carbocycles. The molecule has 1 aromatic carbocycles. The minimum absolute atomic E-state index is 0.00337. The number of nitrogens with zero attached hydrogens (tertiary/aromatic N) is 2. The van der Waals surface area contributed by atoms with E-state index in [4.69, 9.17) is 4.74 Å². The Hall–Kier alpha value is -2.82. The normalized spacial score (nSPS) is 12.3. The van der Waals surface area contributed by atoms with E-state index in [9.17, 15) is 13.2 Å². The SMILES string of the molecule is Cc1cnc(NC(=O)Cc2cc(O[C@@H](C)Cc3ccccc3)cc(CNS(C)(=O)=O)n2)s1. The smallest absolute Gasteiger partial charge is 0.232 e. The fourth-order valence-corrected chi connectivity index (χ4v) is 4.12. The van der Waals surface area contributed by atoms with Gasteiger partial charge in [-0.2, -0.15) is 0 Å². The summed E-state index contributed by atoms with van der Waals surface area (Å²) in [4.78, 5) is 22.0. The van der Waals surface area contributed by atoms with Crippen molar-refractivity contribution in [1.29, 1.82) is 0 Å². The van der Waals surface area contributed by atoms with E-state index in [1.807, 2.05) is 44.2 Å². The summed E-state index contributed by atoms with van der Waals surface area (Å²) >= 11 is 1.39. The van der Waals surface area contributed by atoms with E-state index < -0.39 is 10.0 Å². The monoisotopic (exact) mass is 474 g/mol. The van der Waals surface area contributed by atoms with Crippen LogP contribution in [0.25, 0.3) is 0 Å². The van der Waals surface area contributed by atoms with E-state index in [1.54, 1.807) is 18.3 Å². The van der Waals surface area contributed by atoms with Crippen LogP contribution in [0.5, 0.6) is 5.75 Å². The predicted molar refractivity (Wildman–Crippen MR) is 125 cm³/mol. The minimum atomic E-state index is -3.39. The van der Waals surface area contributed by atoms with Gasteiger partial charge in [0, 0.05) is 29.6 Å². The molecule has 170 valence electrons. The number of thiazole rings is 1. The maximum Gasteiger partial charge on any atom is 0.232 e. The number of aryl methyl sites for hydroxylation is 1. The second kappa shape index (κ2) is 10.7. The Bertz CT molecular complexity index is 1160. The standard InChI is InChI=1S/C22H26N4O4S2/c1-15(9-17-7-5-4-6-8-17)30-20-10-18(25-19(11-20)14-24-32(3,28)29)12-21(27)26-22-23-13-16(2)31-22/h4-8,10-11,13,15,24H,9,12,14H2,1-3H3,(H,23,26,27)/t15-/m0/s1. The van der Waals surface area contributed by atoms with Crippen LogP contribution in [-0.2, 0) is 34.2 Å². The highest BCUT2D eigenvalue weighted by atomic mass is 32.2. The summed E-state index contributed by atoms with van der Waals surface area (Å²) < 4.78 is 31.5. The third kappa shape index (κ3) is 8.03. The Balaban J connectivity index is 1.74. The molecule has 0 aliphatic carbocycles. The first-order chi connectivity index (χ1) is 15.2. The van der Waals surface area contributed by atoms with Crippen molar-refractivity contribution in [3.63, 3.8) is 0 Å². The molecule has 32 heavy (non-hydrogen) atoms. The number of hydrogen-bond acceptors (Lipinski definition) is 7. The van der Waals surface area contributed by atoms with Crippen molar-refractivity contribution in [2.45, 2.75) is 39.3 Å². The number of sulfonamides is 1. The highest BCUT2D eigenvalue weighted by Gasteiger charge is 2.13. The van der Waals surface area contributed by atoms with Gasteiger partial charge in [-0.15, -0.1) is 11.3 Å². The number of rotatable bonds is 10. The summed E-state index contributed by atoms with van der Waals surface area (Å²) in [6.07, 6.45) is 3.36. The minimum Gasteiger partial charge on any atom is -0.490 e. The van der Waals surface area contributed by atoms with Crippen LogP contribution in [0.15, 0.2) is 48.7 Å². The maximum absolute atomic E-state index is 12.5. The van der Waals surface area contributed by atoms with Crippen molar-refractivity contribution >= 4 is 32.4 Å². The van der Waals surface area contributed by atoms with E-state index in [2.05, 4.69) is 20.0 Å². The van der Waals surface area contributed by atoms with Crippen LogP contribution >= 0.6 is 11.3 Å². The number of pyridine rings is 1. The topological polar surface area (TPSA) is 110 Å². The Morgan fingerprint density at radius 2 is 1.91 bits per heavy atom. The lowest BCUT2D eigenvalue weighted by molar-refractivity contribution is -0.115. The van der Waals surface area contributed by atoms with Crippen LogP contribution in [0.3, 0.4) is 0 Å². The summed E-state index contributed by atoms with van der Waals surface area (Å²) in [5.74, 6) is 0.269. The number of amides is 1. The molecule has 2 aromatic heterocycles. The number of aromatic nitrogens is 2. The molecule has 2 heterocycles. The Kier molecular flexibility index (Phi) is 7.94. The Morgan fingerprint density at radius 1 is 1.19 bits per heavy atom. The zero-order valence-corrected chi connectivity index (χ0v) is 19.8. The highest BCUT2D eigenvalue weighted by molar-refractivity contribution is 7.88. The van der Waals surface area contributed by atoms with Gasteiger partial charge in [0.15, 0.2) is 5.13 Å². The highest BCUT2D eigenvalue weighted by Crippen LogP contribution is 2.20. The molecule has 0 aliphatic heterocycles. The lowest BCUT2D eigenvalue weighted by atomic mass is 10.1. The van der Waals surface area contributed by atoms with Gasteiger partial charge in [-0.25, -0.2) is 18.1 Å². The van der Waals surface area contributed by atoms with Gasteiger partial charge in [0.2, 0.25) is 15.9 Å². The molecule has 0 spiro atoms. The zero-order chi connectivity index (χ0) is 23.1. The van der Waals surface area contributed by atoms with Gasteiger partial charge in [-0.1, -0.05) is 30.3 Å². The van der Waals surface area contributed by atoms with Crippen LogP contribution in [0, 0.1) is 6.92 Å². The number of benzene rings is 1. The number of nitrogens with one attached hydrogen (secondary N) is 2. The van der Waals surface area contributed by atoms with Crippen molar-refractivity contribution in [3.8, 4) is 5.75 Å². The zero-order valence-electron chi connectivity index (χ0n) is 18.2. The molecule has 2 N–H and O–H groups in total. The largest absolute Gasteiger partial charge is 0.490 e. The number of anilines is 1. The van der Waals surface area contributed by atoms with Gasteiger partial charge in [0.1, 0.15) is 5.75 Å². The van der Waals surface area contributed by atoms with Crippen LogP contribution < -0.4 is 14.8 Å². The molecule has 0 radical (unpaired) electrons. The molecule has 0 bridgehead atoms. The fraction of sp³-hybridized carbons (Fsp3) is 0.318. The van der Waals surface area contributed by atoms with Gasteiger partial charge in [0.25, 0.3) is 0 Å². The molecule has 1 amide bonds. The first kappa shape index (κ1) is 23.8. The van der Waals surface area contributed by atoms with E-state index in [1.165, 1.54) is 11.3 Å². The van der Waals surface area contributed by atoms with E-state index in [0.717, 1.165) is 16.7 Å². The van der Waals surface area contributed by atoms with Crippen LogP contribution in [0.1, 0.15) is 28.8 Å². The predicted octanol–water partition coefficient (Wildman–Crippen LogP) is 3.09. The van der Waals surface area contributed by atoms with Gasteiger partial charge in [-0.05, 0) is 19.4 Å². The molecular weight excluding hydrogens is 448 g/mol. The lowest BCUT2D eigenvalue weighted by Crippen LogP contribution is -2.23. The molecule has 1 atom stereocenters. The first-order valence-electron chi connectivity index (χ1n) is 10.0. The quantitative estimate of drug-likeness (QED) is 0.467. The summed E-state index contributed by atoms with van der Waals surface area (Å²) in [7, 11) is -3.39. The van der Waals surface area contributed by atoms with Crippen LogP contribution in [0.2, 0.25) is 0 Å². The van der Waals surface area contributed by atoms with Gasteiger partial charge >= 0.3 is 0 Å². The molecule has 0 unspecified atom stereocenters. The summed E-state index contributed by atoms with van der Waals surface area (Å²) in [6.45, 7) is 3.87. The number of hydrogen-bond donors (Lipinski definition) is 2. The van der Waals surface area contributed by atoms with Crippen molar-refractivity contribution in [3.05, 3.63) is 70.5 Å². The van der Waals surface area contributed by atoms with Crippen molar-refractivity contribution < 1.29 is 17.9 Å². The van der Waals surface area contributed by atoms with Crippen LogP contribution in [0.4, 0.5) is 5.13 Å². The molecule has 0 fully saturated rings. The third-order valence-corrected chi connectivity index (χ3v) is 5.83. The lowest BCUT2D eigenvalue weighted by Gasteiger charge is -2.16. The van der Waals surface area contributed by atoms with Crippen molar-refractivity contribution in [2.24, 2.45) is 0 Å². The van der Waals surface area contributed by atoms with Gasteiger partial charge in [0.05, 0.1) is 36.7 Å². The van der Waals surface area contributed by atoms with E-state index in [-0.39, 0.29) is 25.0 Å². The third-order valence-electron chi connectivity index (χ3n) is 4.33. The molecular formula is C22H26N4O4S2. The average Bonchev–Trinajstić information content (AvgIpc) is 3.10. The summed E-state index contributed by atoms with van der Waals surface area (Å²) in [6, 6.07) is 13.4. The number of ether oxygens (including phenoxy) is 1. The molecule has 3 rings (SSSR count). The summed E-state index contributed by atoms with van der Waals surface area (Å²) in [5.41, 5.74) is 2.09. The van der Waals surface area contributed by atoms with Crippen molar-refractivity contribution in [2.75, 3.05) is 11.6 Å². The van der Waals surface area contributed by atoms with E-state index in [0.29, 0.717) is 28.7 Å². The molecule has 10 heteroatoms. The second-order valence-corrected chi connectivity index (χ2v) is 10.6. The molecule has 3 aromatic rings. The van der Waals surface area contributed by atoms with Gasteiger partial charge < -0.3 is 10.1 Å². The number of carbonyl (C=O) groups is 1. The fourth-order valence-electron chi connectivity index (χ4n) is 3.03. The molecule has 8 nitrogen and oxygen atoms in total. The Morgan fingerprint density at radius 3 is 2.56 bits per heavy atom. The summed E-state index contributed by atoms with van der Waals surface area (Å²) in [5, 5.41) is 3.28. The van der Waals surface area contributed by atoms with Gasteiger partial charge in [-0.3, -0.25) is 9.78 Å². The average molecular weight is 475 g/mol. The number of carbonyl (C=O) groups excluding carboxylic acids is 1.